The molecule has 0 atom stereocenters. The fraction of sp³-hybridized carbons (Fsp3) is 0. The van der Waals surface area contributed by atoms with Crippen molar-refractivity contribution in [2.75, 3.05) is 0 Å². The van der Waals surface area contributed by atoms with Crippen molar-refractivity contribution in [2.45, 2.75) is 0 Å². The van der Waals surface area contributed by atoms with Crippen molar-refractivity contribution in [2.24, 2.45) is 0 Å². The van der Waals surface area contributed by atoms with Gasteiger partial charge in [-0.3, -0.25) is 4.57 Å². The van der Waals surface area contributed by atoms with Crippen molar-refractivity contribution in [3.05, 3.63) is 158 Å². The number of nitrogens with zero attached hydrogens (tertiary/aromatic N) is 4. The zero-order chi connectivity index (χ0) is 33.9. The molecule has 12 aromatic rings. The Hall–Kier alpha value is -7.18. The fourth-order valence-electron chi connectivity index (χ4n) is 8.34. The van der Waals surface area contributed by atoms with Gasteiger partial charge in [-0.05, 0) is 42.5 Å². The molecule has 7 aromatic carbocycles. The van der Waals surface area contributed by atoms with Crippen LogP contribution in [-0.4, -0.2) is 19.1 Å². The van der Waals surface area contributed by atoms with E-state index in [1.165, 1.54) is 10.8 Å². The van der Waals surface area contributed by atoms with E-state index in [0.717, 1.165) is 94.0 Å². The lowest BCUT2D eigenvalue weighted by molar-refractivity contribution is 0.653. The maximum absolute atomic E-state index is 6.90. The van der Waals surface area contributed by atoms with Gasteiger partial charge in [-0.15, -0.1) is 0 Å². The van der Waals surface area contributed by atoms with E-state index in [1.54, 1.807) is 0 Å². The largest absolute Gasteiger partial charge is 0.454 e. The maximum atomic E-state index is 6.90. The summed E-state index contributed by atoms with van der Waals surface area (Å²) >= 11 is 0. The van der Waals surface area contributed by atoms with Crippen LogP contribution in [0.1, 0.15) is 0 Å². The fourth-order valence-corrected chi connectivity index (χ4v) is 8.34. The Bertz CT molecular complexity index is 3360. The quantitative estimate of drug-likeness (QED) is 0.188. The Balaban J connectivity index is 1.33. The number of furan rings is 2. The topological polar surface area (TPSA) is 61.9 Å². The Morgan fingerprint density at radius 1 is 0.423 bits per heavy atom. The van der Waals surface area contributed by atoms with E-state index in [9.17, 15) is 0 Å². The summed E-state index contributed by atoms with van der Waals surface area (Å²) in [7, 11) is 0. The Kier molecular flexibility index (Phi) is 5.41. The maximum Gasteiger partial charge on any atom is 0.247 e. The number of hydrogen-bond donors (Lipinski definition) is 0. The third-order valence-electron chi connectivity index (χ3n) is 10.5. The van der Waals surface area contributed by atoms with Gasteiger partial charge in [0.25, 0.3) is 0 Å². The van der Waals surface area contributed by atoms with Gasteiger partial charge in [0, 0.05) is 43.3 Å². The monoisotopic (exact) mass is 666 g/mol. The summed E-state index contributed by atoms with van der Waals surface area (Å²) in [6.45, 7) is 0. The van der Waals surface area contributed by atoms with Gasteiger partial charge >= 0.3 is 0 Å². The molecule has 6 nitrogen and oxygen atoms in total. The lowest BCUT2D eigenvalue weighted by Crippen LogP contribution is -2.03. The van der Waals surface area contributed by atoms with Crippen molar-refractivity contribution < 1.29 is 8.83 Å². The zero-order valence-electron chi connectivity index (χ0n) is 27.6. The molecule has 12 rings (SSSR count). The van der Waals surface area contributed by atoms with Gasteiger partial charge in [0.2, 0.25) is 5.71 Å². The van der Waals surface area contributed by atoms with Gasteiger partial charge in [0.05, 0.1) is 27.8 Å². The van der Waals surface area contributed by atoms with Gasteiger partial charge in [-0.25, -0.2) is 9.97 Å². The SMILES string of the molecule is c1ccc(-c2nc3oc4ccccc4c3nc2-n2c3ccccc3c3c(-n4c5ccccc5c5ccccc54)c4oc5ccccc5c4cc32)cc1. The van der Waals surface area contributed by atoms with Crippen molar-refractivity contribution >= 4 is 87.7 Å². The number of rotatable bonds is 3. The van der Waals surface area contributed by atoms with Gasteiger partial charge in [-0.2, -0.15) is 0 Å². The predicted molar refractivity (Wildman–Crippen MR) is 211 cm³/mol. The van der Waals surface area contributed by atoms with Gasteiger partial charge in [-0.1, -0.05) is 115 Å². The second kappa shape index (κ2) is 10.2. The first-order valence-corrected chi connectivity index (χ1v) is 17.4. The summed E-state index contributed by atoms with van der Waals surface area (Å²) in [5.74, 6) is 0.733. The van der Waals surface area contributed by atoms with E-state index in [2.05, 4.69) is 124 Å². The highest BCUT2D eigenvalue weighted by Crippen LogP contribution is 2.46. The number of para-hydroxylation sites is 5. The number of hydrogen-bond acceptors (Lipinski definition) is 4. The van der Waals surface area contributed by atoms with Crippen LogP contribution in [0.25, 0.3) is 111 Å². The number of benzene rings is 7. The minimum Gasteiger partial charge on any atom is -0.454 e. The van der Waals surface area contributed by atoms with Gasteiger partial charge < -0.3 is 13.4 Å². The summed E-state index contributed by atoms with van der Waals surface area (Å²) in [5.41, 5.74) is 10.7. The van der Waals surface area contributed by atoms with E-state index >= 15 is 0 Å². The Morgan fingerprint density at radius 3 is 1.69 bits per heavy atom. The first-order chi connectivity index (χ1) is 25.8. The van der Waals surface area contributed by atoms with Crippen molar-refractivity contribution in [3.63, 3.8) is 0 Å². The minimum absolute atomic E-state index is 0.513. The summed E-state index contributed by atoms with van der Waals surface area (Å²) in [6.07, 6.45) is 0. The molecule has 0 saturated carbocycles. The Morgan fingerprint density at radius 2 is 0.981 bits per heavy atom. The van der Waals surface area contributed by atoms with Crippen LogP contribution < -0.4 is 0 Å². The predicted octanol–water partition coefficient (Wildman–Crippen LogP) is 12.1. The molecule has 0 amide bonds. The summed E-state index contributed by atoms with van der Waals surface area (Å²) in [6, 6.07) is 54.8. The molecule has 0 aliphatic rings. The minimum atomic E-state index is 0.513. The number of fused-ring (bicyclic) bond motifs is 12. The first-order valence-electron chi connectivity index (χ1n) is 17.4. The molecule has 5 heterocycles. The van der Waals surface area contributed by atoms with E-state index in [4.69, 9.17) is 18.8 Å². The normalized spacial score (nSPS) is 12.2. The van der Waals surface area contributed by atoms with Crippen LogP contribution in [0, 0.1) is 0 Å². The molecule has 0 aliphatic carbocycles. The molecule has 0 spiro atoms. The van der Waals surface area contributed by atoms with E-state index in [-0.39, 0.29) is 0 Å². The highest BCUT2D eigenvalue weighted by Gasteiger charge is 2.27. The lowest BCUT2D eigenvalue weighted by Gasteiger charge is -2.14. The van der Waals surface area contributed by atoms with Gasteiger partial charge in [0.15, 0.2) is 11.4 Å². The average Bonchev–Trinajstić information content (AvgIpc) is 3.95. The smallest absolute Gasteiger partial charge is 0.247 e. The second-order valence-corrected chi connectivity index (χ2v) is 13.3. The van der Waals surface area contributed by atoms with Crippen LogP contribution >= 0.6 is 0 Å². The van der Waals surface area contributed by atoms with E-state index in [0.29, 0.717) is 5.71 Å². The van der Waals surface area contributed by atoms with E-state index in [1.807, 2.05) is 42.5 Å². The summed E-state index contributed by atoms with van der Waals surface area (Å²) < 4.78 is 17.9. The number of aromatic nitrogens is 4. The zero-order valence-corrected chi connectivity index (χ0v) is 27.6. The summed E-state index contributed by atoms with van der Waals surface area (Å²) in [5, 5.41) is 7.58. The van der Waals surface area contributed by atoms with E-state index < -0.39 is 0 Å². The molecular formula is C46H26N4O2. The molecule has 0 saturated heterocycles. The van der Waals surface area contributed by atoms with Crippen molar-refractivity contribution in [1.29, 1.82) is 0 Å². The van der Waals surface area contributed by atoms with Crippen LogP contribution in [0.2, 0.25) is 0 Å². The van der Waals surface area contributed by atoms with Gasteiger partial charge in [0.1, 0.15) is 22.4 Å². The lowest BCUT2D eigenvalue weighted by atomic mass is 10.1. The van der Waals surface area contributed by atoms with Crippen molar-refractivity contribution in [3.8, 4) is 22.8 Å². The average molecular weight is 667 g/mol. The molecule has 5 aromatic heterocycles. The second-order valence-electron chi connectivity index (χ2n) is 13.3. The standard InChI is InChI=1S/C46H26N4O2/c1-2-14-27(15-3-1)41-45(47-42-32-20-8-13-25-39(32)52-46(42)48-41)50-36-23-11-6-19-31(36)40-37(50)26-33-30-18-7-12-24-38(30)51-44(33)43(40)49-34-21-9-4-16-28(34)29-17-5-10-22-35(29)49/h1-26H. The molecule has 0 N–H and O–H groups in total. The van der Waals surface area contributed by atoms with Crippen LogP contribution in [0.15, 0.2) is 167 Å². The molecule has 242 valence electrons. The molecule has 0 aliphatic heterocycles. The molecule has 0 bridgehead atoms. The van der Waals surface area contributed by atoms with Crippen LogP contribution in [-0.2, 0) is 0 Å². The highest BCUT2D eigenvalue weighted by molar-refractivity contribution is 6.24. The van der Waals surface area contributed by atoms with Crippen LogP contribution in [0.5, 0.6) is 0 Å². The molecule has 52 heavy (non-hydrogen) atoms. The third kappa shape index (κ3) is 3.62. The first kappa shape index (κ1) is 27.6. The molecular weight excluding hydrogens is 641 g/mol. The highest BCUT2D eigenvalue weighted by atomic mass is 16.3. The molecule has 0 radical (unpaired) electrons. The molecule has 0 fully saturated rings. The van der Waals surface area contributed by atoms with Crippen LogP contribution in [0.4, 0.5) is 0 Å². The third-order valence-corrected chi connectivity index (χ3v) is 10.5. The summed E-state index contributed by atoms with van der Waals surface area (Å²) in [4.78, 5) is 10.7. The van der Waals surface area contributed by atoms with Crippen LogP contribution in [0.3, 0.4) is 0 Å². The molecule has 0 unspecified atom stereocenters. The Labute approximate surface area is 295 Å². The van der Waals surface area contributed by atoms with Crippen molar-refractivity contribution in [1.82, 2.24) is 19.1 Å². The molecule has 6 heteroatoms.